The minimum atomic E-state index is -0.351. The van der Waals surface area contributed by atoms with E-state index in [1.54, 1.807) is 18.4 Å². The van der Waals surface area contributed by atoms with Crippen LogP contribution in [0.3, 0.4) is 0 Å². The highest BCUT2D eigenvalue weighted by Crippen LogP contribution is 2.33. The van der Waals surface area contributed by atoms with Gasteiger partial charge in [-0.2, -0.15) is 0 Å². The SMILES string of the molecule is CCCCCCCCCC(O)c1sccc1OC. The predicted octanol–water partition coefficient (Wildman–Crippen LogP) is 4.93. The van der Waals surface area contributed by atoms with Crippen LogP contribution in [0.4, 0.5) is 0 Å². The number of hydrogen-bond donors (Lipinski definition) is 1. The fourth-order valence-electron chi connectivity index (χ4n) is 2.15. The minimum Gasteiger partial charge on any atom is -0.495 e. The Morgan fingerprint density at radius 3 is 2.50 bits per heavy atom. The smallest absolute Gasteiger partial charge is 0.135 e. The molecule has 2 nitrogen and oxygen atoms in total. The number of thiophene rings is 1. The van der Waals surface area contributed by atoms with E-state index in [1.165, 1.54) is 38.5 Å². The van der Waals surface area contributed by atoms with E-state index in [0.29, 0.717) is 0 Å². The summed E-state index contributed by atoms with van der Waals surface area (Å²) in [6, 6.07) is 1.92. The van der Waals surface area contributed by atoms with Crippen LogP contribution in [0.2, 0.25) is 0 Å². The van der Waals surface area contributed by atoms with Crippen LogP contribution in [0.15, 0.2) is 11.4 Å². The summed E-state index contributed by atoms with van der Waals surface area (Å²) in [4.78, 5) is 0.975. The van der Waals surface area contributed by atoms with Crippen LogP contribution < -0.4 is 4.74 Å². The lowest BCUT2D eigenvalue weighted by Gasteiger charge is -2.10. The van der Waals surface area contributed by atoms with Crippen molar-refractivity contribution in [2.75, 3.05) is 7.11 Å². The fourth-order valence-corrected chi connectivity index (χ4v) is 3.03. The molecule has 18 heavy (non-hydrogen) atoms. The van der Waals surface area contributed by atoms with Crippen LogP contribution in [-0.4, -0.2) is 12.2 Å². The molecule has 0 aliphatic carbocycles. The number of ether oxygens (including phenoxy) is 1. The second kappa shape index (κ2) is 9.40. The maximum absolute atomic E-state index is 10.1. The van der Waals surface area contributed by atoms with Gasteiger partial charge in [-0.1, -0.05) is 51.9 Å². The summed E-state index contributed by atoms with van der Waals surface area (Å²) in [5.41, 5.74) is 0. The van der Waals surface area contributed by atoms with Gasteiger partial charge in [-0.15, -0.1) is 11.3 Å². The molecule has 0 aromatic carbocycles. The molecule has 0 fully saturated rings. The zero-order valence-corrected chi connectivity index (χ0v) is 12.5. The molecule has 1 N–H and O–H groups in total. The number of aliphatic hydroxyl groups is 1. The lowest BCUT2D eigenvalue weighted by molar-refractivity contribution is 0.163. The molecule has 1 aromatic rings. The Bertz CT molecular complexity index is 309. The highest BCUT2D eigenvalue weighted by molar-refractivity contribution is 7.10. The Morgan fingerprint density at radius 1 is 1.17 bits per heavy atom. The second-order valence-corrected chi connectivity index (χ2v) is 5.73. The predicted molar refractivity (Wildman–Crippen MR) is 78.4 cm³/mol. The van der Waals surface area contributed by atoms with E-state index >= 15 is 0 Å². The molecule has 0 spiro atoms. The van der Waals surface area contributed by atoms with Gasteiger partial charge in [0.15, 0.2) is 0 Å². The molecule has 0 bridgehead atoms. The van der Waals surface area contributed by atoms with E-state index in [0.717, 1.165) is 23.5 Å². The van der Waals surface area contributed by atoms with Gasteiger partial charge in [0, 0.05) is 0 Å². The minimum absolute atomic E-state index is 0.351. The van der Waals surface area contributed by atoms with Crippen LogP contribution in [-0.2, 0) is 0 Å². The van der Waals surface area contributed by atoms with E-state index in [1.807, 2.05) is 11.4 Å². The maximum Gasteiger partial charge on any atom is 0.135 e. The zero-order valence-electron chi connectivity index (χ0n) is 11.7. The van der Waals surface area contributed by atoms with Crippen molar-refractivity contribution in [3.8, 4) is 5.75 Å². The Morgan fingerprint density at radius 2 is 1.83 bits per heavy atom. The summed E-state index contributed by atoms with van der Waals surface area (Å²) >= 11 is 1.58. The molecule has 1 heterocycles. The molecule has 1 rings (SSSR count). The number of unbranched alkanes of at least 4 members (excludes halogenated alkanes) is 6. The largest absolute Gasteiger partial charge is 0.495 e. The Balaban J connectivity index is 2.12. The van der Waals surface area contributed by atoms with Crippen molar-refractivity contribution in [2.45, 2.75) is 64.4 Å². The molecule has 1 atom stereocenters. The average Bonchev–Trinajstić information content (AvgIpc) is 2.85. The van der Waals surface area contributed by atoms with Gasteiger partial charge in [-0.25, -0.2) is 0 Å². The van der Waals surface area contributed by atoms with E-state index in [4.69, 9.17) is 4.74 Å². The Hall–Kier alpha value is -0.540. The molecular formula is C15H26O2S. The lowest BCUT2D eigenvalue weighted by Crippen LogP contribution is -1.97. The molecule has 0 radical (unpaired) electrons. The standard InChI is InChI=1S/C15H26O2S/c1-3-4-5-6-7-8-9-10-13(16)15-14(17-2)11-12-18-15/h11-13,16H,3-10H2,1-2H3. The van der Waals surface area contributed by atoms with E-state index < -0.39 is 0 Å². The molecule has 0 saturated carbocycles. The monoisotopic (exact) mass is 270 g/mol. The quantitative estimate of drug-likeness (QED) is 0.611. The van der Waals surface area contributed by atoms with Gasteiger partial charge >= 0.3 is 0 Å². The highest BCUT2D eigenvalue weighted by Gasteiger charge is 2.14. The van der Waals surface area contributed by atoms with Gasteiger partial charge in [0.25, 0.3) is 0 Å². The van der Waals surface area contributed by atoms with Crippen LogP contribution >= 0.6 is 11.3 Å². The normalized spacial score (nSPS) is 12.6. The number of aliphatic hydroxyl groups excluding tert-OH is 1. The molecular weight excluding hydrogens is 244 g/mol. The van der Waals surface area contributed by atoms with E-state index in [9.17, 15) is 5.11 Å². The van der Waals surface area contributed by atoms with Gasteiger partial charge in [-0.05, 0) is 17.9 Å². The molecule has 0 aliphatic rings. The summed E-state index contributed by atoms with van der Waals surface area (Å²) in [6.45, 7) is 2.24. The van der Waals surface area contributed by atoms with Crippen molar-refractivity contribution < 1.29 is 9.84 Å². The molecule has 0 amide bonds. The van der Waals surface area contributed by atoms with Crippen LogP contribution in [0, 0.1) is 0 Å². The molecule has 104 valence electrons. The van der Waals surface area contributed by atoms with Gasteiger partial charge in [0.1, 0.15) is 5.75 Å². The van der Waals surface area contributed by atoms with Crippen molar-refractivity contribution in [3.63, 3.8) is 0 Å². The van der Waals surface area contributed by atoms with Gasteiger partial charge in [-0.3, -0.25) is 0 Å². The average molecular weight is 270 g/mol. The molecule has 1 unspecified atom stereocenters. The summed E-state index contributed by atoms with van der Waals surface area (Å²) in [7, 11) is 1.66. The first-order chi connectivity index (χ1) is 8.79. The summed E-state index contributed by atoms with van der Waals surface area (Å²) < 4.78 is 5.23. The van der Waals surface area contributed by atoms with Gasteiger partial charge < -0.3 is 9.84 Å². The first kappa shape index (κ1) is 15.5. The molecule has 0 saturated heterocycles. The molecule has 1 aromatic heterocycles. The first-order valence-electron chi connectivity index (χ1n) is 7.09. The highest BCUT2D eigenvalue weighted by atomic mass is 32.1. The van der Waals surface area contributed by atoms with Crippen molar-refractivity contribution in [1.29, 1.82) is 0 Å². The second-order valence-electron chi connectivity index (χ2n) is 4.78. The fraction of sp³-hybridized carbons (Fsp3) is 0.733. The molecule has 0 aliphatic heterocycles. The summed E-state index contributed by atoms with van der Waals surface area (Å²) in [6.07, 6.45) is 9.49. The Kier molecular flexibility index (Phi) is 8.10. The summed E-state index contributed by atoms with van der Waals surface area (Å²) in [5.74, 6) is 0.829. The summed E-state index contributed by atoms with van der Waals surface area (Å²) in [5, 5.41) is 12.1. The van der Waals surface area contributed by atoms with Crippen molar-refractivity contribution in [3.05, 3.63) is 16.3 Å². The van der Waals surface area contributed by atoms with Crippen molar-refractivity contribution in [1.82, 2.24) is 0 Å². The first-order valence-corrected chi connectivity index (χ1v) is 7.97. The Labute approximate surface area is 115 Å². The van der Waals surface area contributed by atoms with E-state index in [-0.39, 0.29) is 6.10 Å². The third-order valence-electron chi connectivity index (χ3n) is 3.26. The zero-order chi connectivity index (χ0) is 13.2. The van der Waals surface area contributed by atoms with Crippen LogP contribution in [0.5, 0.6) is 5.75 Å². The van der Waals surface area contributed by atoms with E-state index in [2.05, 4.69) is 6.92 Å². The van der Waals surface area contributed by atoms with Crippen molar-refractivity contribution >= 4 is 11.3 Å². The number of methoxy groups -OCH3 is 1. The third-order valence-corrected chi connectivity index (χ3v) is 4.26. The van der Waals surface area contributed by atoms with Gasteiger partial charge in [0.05, 0.1) is 18.1 Å². The third kappa shape index (κ3) is 5.40. The van der Waals surface area contributed by atoms with Gasteiger partial charge in [0.2, 0.25) is 0 Å². The topological polar surface area (TPSA) is 29.5 Å². The maximum atomic E-state index is 10.1. The van der Waals surface area contributed by atoms with Crippen molar-refractivity contribution in [2.24, 2.45) is 0 Å². The molecule has 3 heteroatoms. The van der Waals surface area contributed by atoms with Crippen LogP contribution in [0.1, 0.15) is 69.3 Å². The number of rotatable bonds is 10. The number of hydrogen-bond acceptors (Lipinski definition) is 3. The van der Waals surface area contributed by atoms with Crippen LogP contribution in [0.25, 0.3) is 0 Å². The lowest BCUT2D eigenvalue weighted by atomic mass is 10.1.